The molecular weight excluding hydrogens is 172 g/mol. The van der Waals surface area contributed by atoms with Crippen molar-refractivity contribution >= 4 is 18.0 Å². The van der Waals surface area contributed by atoms with Crippen LogP contribution in [0.25, 0.3) is 0 Å². The van der Waals surface area contributed by atoms with Crippen LogP contribution in [0.4, 0.5) is 0 Å². The van der Waals surface area contributed by atoms with Crippen LogP contribution >= 0.6 is 0 Å². The molecule has 0 spiro atoms. The lowest BCUT2D eigenvalue weighted by atomic mass is 10.1. The van der Waals surface area contributed by atoms with Gasteiger partial charge < -0.3 is 9.90 Å². The minimum atomic E-state index is -1.28. The van der Waals surface area contributed by atoms with Gasteiger partial charge in [0.05, 0.1) is 5.57 Å². The van der Waals surface area contributed by atoms with Crippen molar-refractivity contribution in [1.82, 2.24) is 0 Å². The Morgan fingerprint density at radius 3 is 2.38 bits per heavy atom. The maximum atomic E-state index is 11.0. The molecule has 0 aromatic heterocycles. The smallest absolute Gasteiger partial charge is 0.338 e. The SMILES string of the molecule is C=C(C(=O)O)C(=O)CCCCC=O. The van der Waals surface area contributed by atoms with Crippen LogP contribution in [0.1, 0.15) is 25.7 Å². The molecule has 0 saturated carbocycles. The first-order valence-electron chi connectivity index (χ1n) is 3.98. The van der Waals surface area contributed by atoms with Crippen LogP contribution in [0.15, 0.2) is 12.2 Å². The van der Waals surface area contributed by atoms with Gasteiger partial charge in [0.1, 0.15) is 6.29 Å². The second-order valence-corrected chi connectivity index (χ2v) is 2.62. The van der Waals surface area contributed by atoms with E-state index in [9.17, 15) is 14.4 Å². The number of hydrogen-bond acceptors (Lipinski definition) is 3. The van der Waals surface area contributed by atoms with Gasteiger partial charge in [0.2, 0.25) is 0 Å². The van der Waals surface area contributed by atoms with Gasteiger partial charge in [-0.25, -0.2) is 4.79 Å². The van der Waals surface area contributed by atoms with Crippen LogP contribution in [0.3, 0.4) is 0 Å². The van der Waals surface area contributed by atoms with E-state index in [-0.39, 0.29) is 12.0 Å². The number of carbonyl (C=O) groups is 3. The summed E-state index contributed by atoms with van der Waals surface area (Å²) in [6.07, 6.45) is 2.48. The second kappa shape index (κ2) is 6.11. The van der Waals surface area contributed by atoms with E-state index in [0.717, 1.165) is 6.29 Å². The van der Waals surface area contributed by atoms with Crippen LogP contribution in [-0.2, 0) is 14.4 Å². The maximum absolute atomic E-state index is 11.0. The zero-order chi connectivity index (χ0) is 10.3. The molecule has 0 bridgehead atoms. The Balaban J connectivity index is 3.69. The summed E-state index contributed by atoms with van der Waals surface area (Å²) in [6, 6.07) is 0. The molecule has 0 aromatic rings. The van der Waals surface area contributed by atoms with Gasteiger partial charge in [-0.2, -0.15) is 0 Å². The second-order valence-electron chi connectivity index (χ2n) is 2.62. The molecule has 0 atom stereocenters. The summed E-state index contributed by atoms with van der Waals surface area (Å²) in [5, 5.41) is 8.38. The van der Waals surface area contributed by atoms with Gasteiger partial charge in [-0.15, -0.1) is 0 Å². The minimum Gasteiger partial charge on any atom is -0.478 e. The normalized spacial score (nSPS) is 9.23. The molecule has 0 rings (SSSR count). The first-order valence-corrected chi connectivity index (χ1v) is 3.98. The van der Waals surface area contributed by atoms with Crippen molar-refractivity contribution in [2.45, 2.75) is 25.7 Å². The van der Waals surface area contributed by atoms with Crippen molar-refractivity contribution in [2.75, 3.05) is 0 Å². The molecule has 0 fully saturated rings. The Hall–Kier alpha value is -1.45. The molecule has 0 saturated heterocycles. The molecule has 0 aliphatic heterocycles. The standard InChI is InChI=1S/C9H12O4/c1-7(9(12)13)8(11)5-3-2-4-6-10/h6H,1-5H2,(H,12,13). The lowest BCUT2D eigenvalue weighted by Crippen LogP contribution is -2.10. The highest BCUT2D eigenvalue weighted by molar-refractivity contribution is 6.15. The first-order chi connectivity index (χ1) is 6.09. The molecule has 4 nitrogen and oxygen atoms in total. The number of ketones is 1. The number of carbonyl (C=O) groups excluding carboxylic acids is 2. The van der Waals surface area contributed by atoms with Crippen molar-refractivity contribution < 1.29 is 19.5 Å². The highest BCUT2D eigenvalue weighted by atomic mass is 16.4. The van der Waals surface area contributed by atoms with Crippen LogP contribution in [0.5, 0.6) is 0 Å². The topological polar surface area (TPSA) is 71.4 Å². The number of hydrogen-bond donors (Lipinski definition) is 1. The average Bonchev–Trinajstić information content (AvgIpc) is 2.10. The van der Waals surface area contributed by atoms with Crippen LogP contribution < -0.4 is 0 Å². The molecule has 13 heavy (non-hydrogen) atoms. The van der Waals surface area contributed by atoms with E-state index in [0.29, 0.717) is 19.3 Å². The molecule has 0 aliphatic rings. The lowest BCUT2D eigenvalue weighted by Gasteiger charge is -1.98. The van der Waals surface area contributed by atoms with E-state index in [1.54, 1.807) is 0 Å². The Morgan fingerprint density at radius 2 is 1.92 bits per heavy atom. The van der Waals surface area contributed by atoms with Crippen molar-refractivity contribution in [2.24, 2.45) is 0 Å². The van der Waals surface area contributed by atoms with Crippen molar-refractivity contribution in [3.05, 3.63) is 12.2 Å². The van der Waals surface area contributed by atoms with E-state index in [1.807, 2.05) is 0 Å². The predicted octanol–water partition coefficient (Wildman–Crippen LogP) is 0.956. The van der Waals surface area contributed by atoms with E-state index in [4.69, 9.17) is 5.11 Å². The first kappa shape index (κ1) is 11.6. The highest BCUT2D eigenvalue weighted by Gasteiger charge is 2.12. The largest absolute Gasteiger partial charge is 0.478 e. The molecule has 0 heterocycles. The van der Waals surface area contributed by atoms with Gasteiger partial charge in [0.25, 0.3) is 0 Å². The van der Waals surface area contributed by atoms with Crippen LogP contribution in [-0.4, -0.2) is 23.1 Å². The van der Waals surface area contributed by atoms with E-state index in [2.05, 4.69) is 6.58 Å². The van der Waals surface area contributed by atoms with E-state index >= 15 is 0 Å². The summed E-state index contributed by atoms with van der Waals surface area (Å²) in [5.41, 5.74) is -0.383. The number of Topliss-reactive ketones (excluding diaryl/α,β-unsaturated/α-hetero) is 1. The van der Waals surface area contributed by atoms with Gasteiger partial charge in [-0.05, 0) is 12.8 Å². The van der Waals surface area contributed by atoms with E-state index < -0.39 is 11.8 Å². The Labute approximate surface area is 76.2 Å². The molecule has 0 aliphatic carbocycles. The molecule has 0 amide bonds. The highest BCUT2D eigenvalue weighted by Crippen LogP contribution is 2.04. The van der Waals surface area contributed by atoms with Crippen LogP contribution in [0.2, 0.25) is 0 Å². The minimum absolute atomic E-state index is 0.152. The van der Waals surface area contributed by atoms with Gasteiger partial charge in [-0.3, -0.25) is 4.79 Å². The number of aliphatic carboxylic acids is 1. The summed E-state index contributed by atoms with van der Waals surface area (Å²) in [4.78, 5) is 31.1. The summed E-state index contributed by atoms with van der Waals surface area (Å²) in [5.74, 6) is -1.74. The molecule has 1 N–H and O–H groups in total. The third-order valence-corrected chi connectivity index (χ3v) is 1.57. The van der Waals surface area contributed by atoms with Crippen molar-refractivity contribution in [1.29, 1.82) is 0 Å². The van der Waals surface area contributed by atoms with E-state index in [1.165, 1.54) is 0 Å². The molecule has 0 aromatic carbocycles. The summed E-state index contributed by atoms with van der Waals surface area (Å²) >= 11 is 0. The summed E-state index contributed by atoms with van der Waals surface area (Å²) in [6.45, 7) is 3.13. The molecule has 72 valence electrons. The number of carboxylic acid groups (broad SMARTS) is 1. The fraction of sp³-hybridized carbons (Fsp3) is 0.444. The number of aldehydes is 1. The molecule has 0 radical (unpaired) electrons. The number of rotatable bonds is 7. The van der Waals surface area contributed by atoms with Crippen molar-refractivity contribution in [3.63, 3.8) is 0 Å². The monoisotopic (exact) mass is 184 g/mol. The summed E-state index contributed by atoms with van der Waals surface area (Å²) in [7, 11) is 0. The van der Waals surface area contributed by atoms with Crippen LogP contribution in [0, 0.1) is 0 Å². The molecule has 4 heteroatoms. The van der Waals surface area contributed by atoms with Crippen molar-refractivity contribution in [3.8, 4) is 0 Å². The zero-order valence-electron chi connectivity index (χ0n) is 7.28. The predicted molar refractivity (Wildman–Crippen MR) is 46.3 cm³/mol. The third kappa shape index (κ3) is 4.90. The average molecular weight is 184 g/mol. The number of unbranched alkanes of at least 4 members (excludes halogenated alkanes) is 2. The Bertz CT molecular complexity index is 230. The fourth-order valence-electron chi connectivity index (χ4n) is 0.783. The Kier molecular flexibility index (Phi) is 5.43. The quantitative estimate of drug-likeness (QED) is 0.210. The zero-order valence-corrected chi connectivity index (χ0v) is 7.28. The fourth-order valence-corrected chi connectivity index (χ4v) is 0.783. The lowest BCUT2D eigenvalue weighted by molar-refractivity contribution is -0.134. The number of carboxylic acids is 1. The Morgan fingerprint density at radius 1 is 1.31 bits per heavy atom. The van der Waals surface area contributed by atoms with Gasteiger partial charge in [0.15, 0.2) is 5.78 Å². The third-order valence-electron chi connectivity index (χ3n) is 1.57. The van der Waals surface area contributed by atoms with Gasteiger partial charge in [-0.1, -0.05) is 6.58 Å². The van der Waals surface area contributed by atoms with Gasteiger partial charge >= 0.3 is 5.97 Å². The molecular formula is C9H12O4. The summed E-state index contributed by atoms with van der Waals surface area (Å²) < 4.78 is 0. The maximum Gasteiger partial charge on any atom is 0.338 e. The molecule has 0 unspecified atom stereocenters. The van der Waals surface area contributed by atoms with Gasteiger partial charge in [0, 0.05) is 12.8 Å².